The quantitative estimate of drug-likeness (QED) is 0.783. The standard InChI is InChI=1S/C9H15N3O3S/c1-11-5-9(10-7-11)16(14,15)12-4-2-3-8(12)6-13/h5,7-8,13H,2-4,6H2,1H3/t8-/m0/s1. The van der Waals surface area contributed by atoms with Crippen LogP contribution in [0.25, 0.3) is 0 Å². The van der Waals surface area contributed by atoms with Gasteiger partial charge in [0.25, 0.3) is 10.0 Å². The predicted molar refractivity (Wildman–Crippen MR) is 57.2 cm³/mol. The van der Waals surface area contributed by atoms with E-state index in [9.17, 15) is 8.42 Å². The van der Waals surface area contributed by atoms with Crippen molar-refractivity contribution in [2.45, 2.75) is 23.9 Å². The molecule has 0 aliphatic carbocycles. The summed E-state index contributed by atoms with van der Waals surface area (Å²) in [6.45, 7) is 0.330. The van der Waals surface area contributed by atoms with Crippen LogP contribution >= 0.6 is 0 Å². The normalized spacial score (nSPS) is 22.8. The highest BCUT2D eigenvalue weighted by Crippen LogP contribution is 2.24. The average molecular weight is 245 g/mol. The monoisotopic (exact) mass is 245 g/mol. The minimum Gasteiger partial charge on any atom is -0.395 e. The number of imidazole rings is 1. The highest BCUT2D eigenvalue weighted by atomic mass is 32.2. The highest BCUT2D eigenvalue weighted by molar-refractivity contribution is 7.89. The molecule has 1 aromatic heterocycles. The largest absolute Gasteiger partial charge is 0.395 e. The first-order valence-corrected chi connectivity index (χ1v) is 6.60. The molecule has 0 bridgehead atoms. The van der Waals surface area contributed by atoms with Gasteiger partial charge in [0, 0.05) is 25.8 Å². The van der Waals surface area contributed by atoms with Gasteiger partial charge in [0.15, 0.2) is 5.03 Å². The lowest BCUT2D eigenvalue weighted by molar-refractivity contribution is 0.213. The Bertz CT molecular complexity index is 468. The number of sulfonamides is 1. The third-order valence-electron chi connectivity index (χ3n) is 2.79. The van der Waals surface area contributed by atoms with Crippen molar-refractivity contribution in [3.05, 3.63) is 12.5 Å². The second-order valence-electron chi connectivity index (χ2n) is 3.97. The van der Waals surface area contributed by atoms with Crippen molar-refractivity contribution in [1.29, 1.82) is 0 Å². The smallest absolute Gasteiger partial charge is 0.262 e. The van der Waals surface area contributed by atoms with Crippen molar-refractivity contribution in [3.8, 4) is 0 Å². The van der Waals surface area contributed by atoms with Gasteiger partial charge in [-0.25, -0.2) is 13.4 Å². The number of aliphatic hydroxyl groups is 1. The van der Waals surface area contributed by atoms with Crippen LogP contribution in [-0.4, -0.2) is 46.6 Å². The molecule has 0 spiro atoms. The third kappa shape index (κ3) is 1.85. The second kappa shape index (κ2) is 4.15. The van der Waals surface area contributed by atoms with Crippen LogP contribution in [0.5, 0.6) is 0 Å². The van der Waals surface area contributed by atoms with Crippen LogP contribution in [-0.2, 0) is 17.1 Å². The zero-order valence-corrected chi connectivity index (χ0v) is 9.89. The van der Waals surface area contributed by atoms with Crippen LogP contribution in [0.2, 0.25) is 0 Å². The Morgan fingerprint density at radius 1 is 1.62 bits per heavy atom. The molecular formula is C9H15N3O3S. The molecule has 1 fully saturated rings. The van der Waals surface area contributed by atoms with Gasteiger partial charge in [-0.15, -0.1) is 0 Å². The minimum atomic E-state index is -3.54. The lowest BCUT2D eigenvalue weighted by atomic mass is 10.2. The van der Waals surface area contributed by atoms with E-state index >= 15 is 0 Å². The molecule has 1 saturated heterocycles. The van der Waals surface area contributed by atoms with E-state index in [0.29, 0.717) is 13.0 Å². The number of aromatic nitrogens is 2. The maximum Gasteiger partial charge on any atom is 0.262 e. The number of aliphatic hydroxyl groups excluding tert-OH is 1. The van der Waals surface area contributed by atoms with E-state index in [4.69, 9.17) is 5.11 Å². The summed E-state index contributed by atoms with van der Waals surface area (Å²) in [5, 5.41) is 9.17. The van der Waals surface area contributed by atoms with E-state index in [2.05, 4.69) is 4.98 Å². The summed E-state index contributed by atoms with van der Waals surface area (Å²) in [5.41, 5.74) is 0. The van der Waals surface area contributed by atoms with Crippen molar-refractivity contribution in [2.75, 3.05) is 13.2 Å². The molecule has 2 rings (SSSR count). The SMILES string of the molecule is Cn1cnc(S(=O)(=O)N2CCC[C@H]2CO)c1. The van der Waals surface area contributed by atoms with Crippen molar-refractivity contribution in [2.24, 2.45) is 7.05 Å². The lowest BCUT2D eigenvalue weighted by Crippen LogP contribution is -2.37. The van der Waals surface area contributed by atoms with Gasteiger partial charge in [-0.1, -0.05) is 0 Å². The van der Waals surface area contributed by atoms with Crippen molar-refractivity contribution in [3.63, 3.8) is 0 Å². The second-order valence-corrected chi connectivity index (χ2v) is 5.81. The van der Waals surface area contributed by atoms with E-state index in [0.717, 1.165) is 6.42 Å². The van der Waals surface area contributed by atoms with E-state index < -0.39 is 10.0 Å². The molecule has 0 saturated carbocycles. The Kier molecular flexibility index (Phi) is 3.00. The van der Waals surface area contributed by atoms with E-state index in [1.165, 1.54) is 16.8 Å². The highest BCUT2D eigenvalue weighted by Gasteiger charge is 2.35. The van der Waals surface area contributed by atoms with Gasteiger partial charge in [0.1, 0.15) is 0 Å². The Labute approximate surface area is 94.6 Å². The Balaban J connectivity index is 2.32. The van der Waals surface area contributed by atoms with Gasteiger partial charge in [-0.2, -0.15) is 4.31 Å². The minimum absolute atomic E-state index is 0.0513. The first-order chi connectivity index (χ1) is 7.55. The molecule has 1 N–H and O–H groups in total. The number of nitrogens with zero attached hydrogens (tertiary/aromatic N) is 3. The number of hydrogen-bond acceptors (Lipinski definition) is 4. The summed E-state index contributed by atoms with van der Waals surface area (Å²) < 4.78 is 27.2. The summed E-state index contributed by atoms with van der Waals surface area (Å²) in [6.07, 6.45) is 4.43. The summed E-state index contributed by atoms with van der Waals surface area (Å²) in [6, 6.07) is -0.299. The van der Waals surface area contributed by atoms with Gasteiger partial charge in [0.05, 0.1) is 12.9 Å². The average Bonchev–Trinajstić information content (AvgIpc) is 2.85. The fourth-order valence-corrected chi connectivity index (χ4v) is 3.60. The van der Waals surface area contributed by atoms with Crippen LogP contribution in [0.15, 0.2) is 17.6 Å². The topological polar surface area (TPSA) is 75.4 Å². The van der Waals surface area contributed by atoms with Crippen LogP contribution in [0.1, 0.15) is 12.8 Å². The summed E-state index contributed by atoms with van der Waals surface area (Å²) in [4.78, 5) is 3.85. The zero-order chi connectivity index (χ0) is 11.8. The van der Waals surface area contributed by atoms with Gasteiger partial charge >= 0.3 is 0 Å². The van der Waals surface area contributed by atoms with Crippen molar-refractivity contribution < 1.29 is 13.5 Å². The molecule has 16 heavy (non-hydrogen) atoms. The molecular weight excluding hydrogens is 230 g/mol. The zero-order valence-electron chi connectivity index (χ0n) is 9.07. The maximum absolute atomic E-state index is 12.2. The Morgan fingerprint density at radius 2 is 2.38 bits per heavy atom. The molecule has 0 amide bonds. The van der Waals surface area contributed by atoms with Crippen LogP contribution < -0.4 is 0 Å². The predicted octanol–water partition coefficient (Wildman–Crippen LogP) is -0.435. The summed E-state index contributed by atoms with van der Waals surface area (Å²) in [5.74, 6) is 0. The molecule has 0 unspecified atom stereocenters. The maximum atomic E-state index is 12.2. The Hall–Kier alpha value is -0.920. The van der Waals surface area contributed by atoms with E-state index in [1.54, 1.807) is 11.6 Å². The van der Waals surface area contributed by atoms with Gasteiger partial charge in [0.2, 0.25) is 0 Å². The van der Waals surface area contributed by atoms with Crippen LogP contribution in [0, 0.1) is 0 Å². The number of aryl methyl sites for hydroxylation is 1. The molecule has 1 atom stereocenters. The van der Waals surface area contributed by atoms with Gasteiger partial charge < -0.3 is 9.67 Å². The van der Waals surface area contributed by atoms with Gasteiger partial charge in [-0.3, -0.25) is 0 Å². The fourth-order valence-electron chi connectivity index (χ4n) is 1.95. The fraction of sp³-hybridized carbons (Fsp3) is 0.667. The number of rotatable bonds is 3. The third-order valence-corrected chi connectivity index (χ3v) is 4.63. The van der Waals surface area contributed by atoms with Crippen molar-refractivity contribution in [1.82, 2.24) is 13.9 Å². The van der Waals surface area contributed by atoms with E-state index in [-0.39, 0.29) is 17.7 Å². The first-order valence-electron chi connectivity index (χ1n) is 5.16. The molecule has 90 valence electrons. The Morgan fingerprint density at radius 3 is 2.94 bits per heavy atom. The van der Waals surface area contributed by atoms with Crippen LogP contribution in [0.4, 0.5) is 0 Å². The van der Waals surface area contributed by atoms with Crippen molar-refractivity contribution >= 4 is 10.0 Å². The molecule has 1 aromatic rings. The molecule has 0 aromatic carbocycles. The summed E-state index contributed by atoms with van der Waals surface area (Å²) >= 11 is 0. The van der Waals surface area contributed by atoms with Gasteiger partial charge in [-0.05, 0) is 12.8 Å². The molecule has 1 aliphatic heterocycles. The molecule has 0 radical (unpaired) electrons. The molecule has 6 nitrogen and oxygen atoms in total. The first kappa shape index (κ1) is 11.6. The molecule has 1 aliphatic rings. The summed E-state index contributed by atoms with van der Waals surface area (Å²) in [7, 11) is -1.82. The van der Waals surface area contributed by atoms with E-state index in [1.807, 2.05) is 0 Å². The van der Waals surface area contributed by atoms with Crippen LogP contribution in [0.3, 0.4) is 0 Å². The molecule has 7 heteroatoms. The molecule has 2 heterocycles. The number of hydrogen-bond donors (Lipinski definition) is 1. The lowest BCUT2D eigenvalue weighted by Gasteiger charge is -2.20.